The van der Waals surface area contributed by atoms with Crippen LogP contribution in [-0.2, 0) is 4.79 Å². The Morgan fingerprint density at radius 3 is 2.79 bits per heavy atom. The highest BCUT2D eigenvalue weighted by molar-refractivity contribution is 7.22. The number of nitrogens with one attached hydrogen (secondary N) is 2. The molecule has 0 saturated carbocycles. The third kappa shape index (κ3) is 3.47. The molecule has 0 aliphatic rings. The van der Waals surface area contributed by atoms with Gasteiger partial charge in [-0.3, -0.25) is 10.2 Å². The van der Waals surface area contributed by atoms with Crippen molar-refractivity contribution in [1.29, 1.82) is 0 Å². The average molecular weight is 342 g/mol. The highest BCUT2D eigenvalue weighted by Gasteiger charge is 2.10. The molecule has 1 aromatic heterocycles. The third-order valence-electron chi connectivity index (χ3n) is 3.55. The van der Waals surface area contributed by atoms with Gasteiger partial charge in [0.15, 0.2) is 11.7 Å². The maximum Gasteiger partial charge on any atom is 0.262 e. The summed E-state index contributed by atoms with van der Waals surface area (Å²) in [5.74, 6) is 5.90. The number of hydrazine groups is 1. The van der Waals surface area contributed by atoms with Gasteiger partial charge in [-0.25, -0.2) is 10.8 Å². The number of nitrogen functional groups attached to an aromatic ring is 1. The molecule has 0 spiro atoms. The van der Waals surface area contributed by atoms with Crippen molar-refractivity contribution in [1.82, 2.24) is 4.98 Å². The average Bonchev–Trinajstić information content (AvgIpc) is 2.98. The van der Waals surface area contributed by atoms with E-state index in [1.165, 1.54) is 11.3 Å². The van der Waals surface area contributed by atoms with Gasteiger partial charge in [0.2, 0.25) is 0 Å². The minimum absolute atomic E-state index is 0.0414. The molecule has 0 atom stereocenters. The molecule has 24 heavy (non-hydrogen) atoms. The van der Waals surface area contributed by atoms with Crippen molar-refractivity contribution in [2.24, 2.45) is 5.84 Å². The number of aromatic nitrogens is 1. The lowest BCUT2D eigenvalue weighted by atomic mass is 10.2. The van der Waals surface area contributed by atoms with Gasteiger partial charge >= 0.3 is 0 Å². The molecule has 2 aromatic carbocycles. The molecule has 124 valence electrons. The molecule has 3 rings (SSSR count). The molecule has 0 unspecified atom stereocenters. The highest BCUT2D eigenvalue weighted by Crippen LogP contribution is 2.30. The number of fused-ring (bicyclic) bond motifs is 1. The summed E-state index contributed by atoms with van der Waals surface area (Å²) in [4.78, 5) is 16.5. The van der Waals surface area contributed by atoms with Gasteiger partial charge in [0, 0.05) is 5.69 Å². The van der Waals surface area contributed by atoms with Gasteiger partial charge in [-0.05, 0) is 43.2 Å². The van der Waals surface area contributed by atoms with Crippen LogP contribution in [0.5, 0.6) is 5.75 Å². The number of amides is 1. The highest BCUT2D eigenvalue weighted by atomic mass is 32.1. The molecule has 4 N–H and O–H groups in total. The first kappa shape index (κ1) is 16.2. The predicted molar refractivity (Wildman–Crippen MR) is 97.5 cm³/mol. The fourth-order valence-corrected chi connectivity index (χ4v) is 3.28. The predicted octanol–water partition coefficient (Wildman–Crippen LogP) is 3.22. The van der Waals surface area contributed by atoms with Crippen LogP contribution in [0.25, 0.3) is 10.2 Å². The standard InChI is InChI=1S/C17H18N4O2S/c1-10-5-3-4-6-13(10)23-9-15(22)19-12-7-11(2)16-14(8-12)24-17(20-16)21-18/h3-8H,9,18H2,1-2H3,(H,19,22)(H,20,21). The summed E-state index contributed by atoms with van der Waals surface area (Å²) in [7, 11) is 0. The number of nitrogens with two attached hydrogens (primary N) is 1. The number of benzene rings is 2. The Labute approximate surface area is 143 Å². The van der Waals surface area contributed by atoms with Crippen LogP contribution in [0.1, 0.15) is 11.1 Å². The topological polar surface area (TPSA) is 89.3 Å². The molecule has 7 heteroatoms. The van der Waals surface area contributed by atoms with Crippen LogP contribution in [-0.4, -0.2) is 17.5 Å². The van der Waals surface area contributed by atoms with Gasteiger partial charge in [0.1, 0.15) is 5.75 Å². The quantitative estimate of drug-likeness (QED) is 0.489. The first-order valence-electron chi connectivity index (χ1n) is 7.43. The lowest BCUT2D eigenvalue weighted by Gasteiger charge is -2.10. The van der Waals surface area contributed by atoms with E-state index >= 15 is 0 Å². The van der Waals surface area contributed by atoms with E-state index in [1.54, 1.807) is 0 Å². The van der Waals surface area contributed by atoms with Crippen molar-refractivity contribution in [3.05, 3.63) is 47.5 Å². The molecule has 0 fully saturated rings. The minimum atomic E-state index is -0.210. The Morgan fingerprint density at radius 1 is 1.25 bits per heavy atom. The Balaban J connectivity index is 1.70. The second kappa shape index (κ2) is 6.86. The lowest BCUT2D eigenvalue weighted by Crippen LogP contribution is -2.20. The first-order valence-corrected chi connectivity index (χ1v) is 8.24. The molecule has 0 saturated heterocycles. The number of rotatable bonds is 5. The molecule has 6 nitrogen and oxygen atoms in total. The third-order valence-corrected chi connectivity index (χ3v) is 4.48. The van der Waals surface area contributed by atoms with Gasteiger partial charge in [-0.1, -0.05) is 29.5 Å². The SMILES string of the molecule is Cc1ccccc1OCC(=O)Nc1cc(C)c2nc(NN)sc2c1. The van der Waals surface area contributed by atoms with Gasteiger partial charge in [-0.2, -0.15) is 0 Å². The number of carbonyl (C=O) groups is 1. The number of hydrogen-bond acceptors (Lipinski definition) is 6. The molecular weight excluding hydrogens is 324 g/mol. The van der Waals surface area contributed by atoms with E-state index in [0.29, 0.717) is 16.6 Å². The molecule has 0 bridgehead atoms. The molecule has 0 radical (unpaired) electrons. The van der Waals surface area contributed by atoms with E-state index in [0.717, 1.165) is 21.3 Å². The maximum atomic E-state index is 12.1. The summed E-state index contributed by atoms with van der Waals surface area (Å²) in [5, 5.41) is 3.49. The Hall–Kier alpha value is -2.64. The van der Waals surface area contributed by atoms with Gasteiger partial charge in [0.05, 0.1) is 10.2 Å². The van der Waals surface area contributed by atoms with E-state index in [2.05, 4.69) is 15.7 Å². The summed E-state index contributed by atoms with van der Waals surface area (Å²) in [6, 6.07) is 11.4. The Bertz CT molecular complexity index is 891. The minimum Gasteiger partial charge on any atom is -0.483 e. The fourth-order valence-electron chi connectivity index (χ4n) is 2.39. The van der Waals surface area contributed by atoms with Crippen LogP contribution in [0.3, 0.4) is 0 Å². The van der Waals surface area contributed by atoms with Crippen molar-refractivity contribution < 1.29 is 9.53 Å². The number of thiazole rings is 1. The van der Waals surface area contributed by atoms with Crippen molar-refractivity contribution >= 4 is 38.3 Å². The monoisotopic (exact) mass is 342 g/mol. The van der Waals surface area contributed by atoms with E-state index in [1.807, 2.05) is 50.2 Å². The zero-order chi connectivity index (χ0) is 17.1. The number of aryl methyl sites for hydroxylation is 2. The van der Waals surface area contributed by atoms with E-state index in [4.69, 9.17) is 10.6 Å². The van der Waals surface area contributed by atoms with Crippen LogP contribution in [0.15, 0.2) is 36.4 Å². The Kier molecular flexibility index (Phi) is 4.64. The fraction of sp³-hybridized carbons (Fsp3) is 0.176. The van der Waals surface area contributed by atoms with Crippen molar-refractivity contribution in [2.45, 2.75) is 13.8 Å². The largest absolute Gasteiger partial charge is 0.483 e. The van der Waals surface area contributed by atoms with Crippen LogP contribution < -0.4 is 21.3 Å². The zero-order valence-electron chi connectivity index (χ0n) is 13.4. The van der Waals surface area contributed by atoms with Gasteiger partial charge < -0.3 is 10.1 Å². The molecule has 0 aliphatic carbocycles. The summed E-state index contributed by atoms with van der Waals surface area (Å²) in [6.07, 6.45) is 0. The second-order valence-electron chi connectivity index (χ2n) is 5.41. The normalized spacial score (nSPS) is 10.6. The van der Waals surface area contributed by atoms with Crippen LogP contribution in [0.4, 0.5) is 10.8 Å². The number of carbonyl (C=O) groups excluding carboxylic acids is 1. The van der Waals surface area contributed by atoms with Crippen molar-refractivity contribution in [2.75, 3.05) is 17.3 Å². The molecular formula is C17H18N4O2S. The van der Waals surface area contributed by atoms with Crippen molar-refractivity contribution in [3.8, 4) is 5.75 Å². The van der Waals surface area contributed by atoms with Gasteiger partial charge in [0.25, 0.3) is 5.91 Å². The number of hydrogen-bond donors (Lipinski definition) is 3. The number of para-hydroxylation sites is 1. The van der Waals surface area contributed by atoms with Crippen molar-refractivity contribution in [3.63, 3.8) is 0 Å². The summed E-state index contributed by atoms with van der Waals surface area (Å²) in [5.41, 5.74) is 6.11. The van der Waals surface area contributed by atoms with Crippen LogP contribution in [0, 0.1) is 13.8 Å². The van der Waals surface area contributed by atoms with Gasteiger partial charge in [-0.15, -0.1) is 0 Å². The number of anilines is 2. The summed E-state index contributed by atoms with van der Waals surface area (Å²) in [6.45, 7) is 3.85. The maximum absolute atomic E-state index is 12.1. The molecule has 1 heterocycles. The smallest absolute Gasteiger partial charge is 0.262 e. The zero-order valence-corrected chi connectivity index (χ0v) is 14.2. The van der Waals surface area contributed by atoms with E-state index < -0.39 is 0 Å². The van der Waals surface area contributed by atoms with E-state index in [-0.39, 0.29) is 12.5 Å². The van der Waals surface area contributed by atoms with Crippen LogP contribution >= 0.6 is 11.3 Å². The van der Waals surface area contributed by atoms with Crippen LogP contribution in [0.2, 0.25) is 0 Å². The molecule has 0 aliphatic heterocycles. The number of nitrogens with zero attached hydrogens (tertiary/aromatic N) is 1. The first-order chi connectivity index (χ1) is 11.6. The Morgan fingerprint density at radius 2 is 2.04 bits per heavy atom. The lowest BCUT2D eigenvalue weighted by molar-refractivity contribution is -0.118. The molecule has 3 aromatic rings. The molecule has 1 amide bonds. The number of ether oxygens (including phenoxy) is 1. The summed E-state index contributed by atoms with van der Waals surface area (Å²) >= 11 is 1.44. The second-order valence-corrected chi connectivity index (χ2v) is 6.44. The summed E-state index contributed by atoms with van der Waals surface area (Å²) < 4.78 is 6.52. The van der Waals surface area contributed by atoms with E-state index in [9.17, 15) is 4.79 Å².